The average Bonchev–Trinajstić information content (AvgIpc) is 3.32. The van der Waals surface area contributed by atoms with Crippen LogP contribution in [0.3, 0.4) is 0 Å². The van der Waals surface area contributed by atoms with E-state index in [1.807, 2.05) is 61.5 Å². The Hall–Kier alpha value is -4.15. The van der Waals surface area contributed by atoms with Gasteiger partial charge in [-0.2, -0.15) is 0 Å². The molecule has 42 heavy (non-hydrogen) atoms. The minimum absolute atomic E-state index is 0.179. The first kappa shape index (κ1) is 29.3. The molecule has 8 nitrogen and oxygen atoms in total. The summed E-state index contributed by atoms with van der Waals surface area (Å²) in [7, 11) is 3.16. The maximum atomic E-state index is 14.1. The van der Waals surface area contributed by atoms with E-state index in [-0.39, 0.29) is 17.7 Å². The highest BCUT2D eigenvalue weighted by Crippen LogP contribution is 2.37. The van der Waals surface area contributed by atoms with Gasteiger partial charge in [0, 0.05) is 5.56 Å². The Bertz CT molecular complexity index is 1830. The van der Waals surface area contributed by atoms with E-state index in [9.17, 15) is 9.59 Å². The zero-order valence-corrected chi connectivity index (χ0v) is 26.0. The van der Waals surface area contributed by atoms with Crippen molar-refractivity contribution in [3.63, 3.8) is 0 Å². The summed E-state index contributed by atoms with van der Waals surface area (Å²) in [6.07, 6.45) is 1.79. The lowest BCUT2D eigenvalue weighted by Gasteiger charge is -2.26. The lowest BCUT2D eigenvalue weighted by atomic mass is 9.93. The van der Waals surface area contributed by atoms with Crippen molar-refractivity contribution in [1.82, 2.24) is 4.57 Å². The summed E-state index contributed by atoms with van der Waals surface area (Å²) in [4.78, 5) is 33.1. The van der Waals surface area contributed by atoms with Crippen LogP contribution in [-0.2, 0) is 9.53 Å². The molecule has 0 radical (unpaired) electrons. The molecule has 0 saturated heterocycles. The maximum Gasteiger partial charge on any atom is 0.338 e. The molecule has 5 rings (SSSR count). The van der Waals surface area contributed by atoms with Crippen molar-refractivity contribution in [3.05, 3.63) is 113 Å². The van der Waals surface area contributed by atoms with E-state index in [4.69, 9.17) is 23.9 Å². The molecule has 216 valence electrons. The Kier molecular flexibility index (Phi) is 8.94. The summed E-state index contributed by atoms with van der Waals surface area (Å²) in [5, 5.41) is 0. The molecule has 4 aromatic rings. The second-order valence-electron chi connectivity index (χ2n) is 9.17. The van der Waals surface area contributed by atoms with Gasteiger partial charge < -0.3 is 18.9 Å². The standard InChI is InChI=1S/C32H29BrN2O6S/c1-5-40-29-23(33)16-19(17-24(29)39-4)18-25-30(36)35-28(21-12-14-22(38-3)15-13-21)26(31(37)41-6-2)27(34-32(35)42-25)20-10-8-7-9-11-20/h7-18,28H,5-6H2,1-4H3/b25-18-/t28-/m0/s1. The number of methoxy groups -OCH3 is 2. The summed E-state index contributed by atoms with van der Waals surface area (Å²) in [6.45, 7) is 4.30. The number of halogens is 1. The van der Waals surface area contributed by atoms with E-state index >= 15 is 0 Å². The first-order valence-corrected chi connectivity index (χ1v) is 14.9. The minimum atomic E-state index is -0.773. The zero-order chi connectivity index (χ0) is 29.8. The van der Waals surface area contributed by atoms with E-state index in [0.29, 0.717) is 43.4 Å². The summed E-state index contributed by atoms with van der Waals surface area (Å²) >= 11 is 4.81. The Labute approximate surface area is 255 Å². The van der Waals surface area contributed by atoms with Crippen LogP contribution in [0.25, 0.3) is 11.8 Å². The number of hydrogen-bond acceptors (Lipinski definition) is 8. The number of aromatic nitrogens is 1. The van der Waals surface area contributed by atoms with E-state index in [1.165, 1.54) is 11.3 Å². The fourth-order valence-corrected chi connectivity index (χ4v) is 6.38. The van der Waals surface area contributed by atoms with Crippen LogP contribution in [0, 0.1) is 0 Å². The largest absolute Gasteiger partial charge is 0.497 e. The average molecular weight is 650 g/mol. The predicted octanol–water partition coefficient (Wildman–Crippen LogP) is 5.11. The van der Waals surface area contributed by atoms with Gasteiger partial charge in [0.2, 0.25) is 0 Å². The third-order valence-corrected chi connectivity index (χ3v) is 8.22. The molecule has 1 aliphatic heterocycles. The van der Waals surface area contributed by atoms with Crippen molar-refractivity contribution in [3.8, 4) is 17.2 Å². The highest BCUT2D eigenvalue weighted by Gasteiger charge is 2.35. The summed E-state index contributed by atoms with van der Waals surface area (Å²) < 4.78 is 24.9. The van der Waals surface area contributed by atoms with Crippen molar-refractivity contribution >= 4 is 45.0 Å². The van der Waals surface area contributed by atoms with Gasteiger partial charge in [-0.3, -0.25) is 9.36 Å². The molecular weight excluding hydrogens is 620 g/mol. The Morgan fingerprint density at radius 2 is 1.76 bits per heavy atom. The fourth-order valence-electron chi connectivity index (χ4n) is 4.80. The fraction of sp³-hybridized carbons (Fsp3) is 0.219. The van der Waals surface area contributed by atoms with Gasteiger partial charge in [-0.15, -0.1) is 0 Å². The van der Waals surface area contributed by atoms with Gasteiger partial charge >= 0.3 is 5.97 Å². The number of carbonyl (C=O) groups is 1. The van der Waals surface area contributed by atoms with Crippen LogP contribution in [0.5, 0.6) is 17.2 Å². The number of carbonyl (C=O) groups excluding carboxylic acids is 1. The molecule has 0 amide bonds. The second kappa shape index (κ2) is 12.8. The zero-order valence-electron chi connectivity index (χ0n) is 23.5. The highest BCUT2D eigenvalue weighted by molar-refractivity contribution is 9.10. The van der Waals surface area contributed by atoms with Gasteiger partial charge in [0.1, 0.15) is 5.75 Å². The van der Waals surface area contributed by atoms with Crippen LogP contribution in [0.15, 0.2) is 86.6 Å². The first-order valence-electron chi connectivity index (χ1n) is 13.3. The number of hydrogen-bond donors (Lipinski definition) is 0. The molecule has 1 atom stereocenters. The van der Waals surface area contributed by atoms with E-state index in [2.05, 4.69) is 15.9 Å². The summed E-state index contributed by atoms with van der Waals surface area (Å²) in [6, 6.07) is 19.7. The van der Waals surface area contributed by atoms with Crippen LogP contribution >= 0.6 is 27.3 Å². The van der Waals surface area contributed by atoms with Crippen molar-refractivity contribution in [2.24, 2.45) is 4.99 Å². The molecule has 0 fully saturated rings. The van der Waals surface area contributed by atoms with Crippen molar-refractivity contribution in [1.29, 1.82) is 0 Å². The first-order chi connectivity index (χ1) is 20.4. The highest BCUT2D eigenvalue weighted by atomic mass is 79.9. The number of rotatable bonds is 9. The third kappa shape index (κ3) is 5.64. The van der Waals surface area contributed by atoms with E-state index in [1.54, 1.807) is 43.9 Å². The lowest BCUT2D eigenvalue weighted by molar-refractivity contribution is -0.138. The van der Waals surface area contributed by atoms with Gasteiger partial charge in [-0.05, 0) is 71.2 Å². The molecule has 0 unspecified atom stereocenters. The third-order valence-electron chi connectivity index (χ3n) is 6.64. The van der Waals surface area contributed by atoms with Crippen LogP contribution in [0.2, 0.25) is 0 Å². The number of benzene rings is 3. The maximum absolute atomic E-state index is 14.1. The smallest absolute Gasteiger partial charge is 0.338 e. The monoisotopic (exact) mass is 648 g/mol. The number of thiazole rings is 1. The molecule has 1 aromatic heterocycles. The predicted molar refractivity (Wildman–Crippen MR) is 166 cm³/mol. The molecule has 0 aliphatic carbocycles. The molecule has 0 saturated carbocycles. The van der Waals surface area contributed by atoms with Crippen LogP contribution in [0.4, 0.5) is 0 Å². The Balaban J connectivity index is 1.78. The molecule has 3 aromatic carbocycles. The molecule has 0 N–H and O–H groups in total. The van der Waals surface area contributed by atoms with Crippen LogP contribution < -0.4 is 29.1 Å². The van der Waals surface area contributed by atoms with Crippen molar-refractivity contribution in [2.45, 2.75) is 19.9 Å². The van der Waals surface area contributed by atoms with Gasteiger partial charge in [0.15, 0.2) is 16.3 Å². The quantitative estimate of drug-likeness (QED) is 0.234. The van der Waals surface area contributed by atoms with Gasteiger partial charge in [0.25, 0.3) is 5.56 Å². The molecular formula is C32H29BrN2O6S. The van der Waals surface area contributed by atoms with Crippen molar-refractivity contribution < 1.29 is 23.7 Å². The van der Waals surface area contributed by atoms with E-state index < -0.39 is 12.0 Å². The molecule has 0 bridgehead atoms. The minimum Gasteiger partial charge on any atom is -0.497 e. The summed E-state index contributed by atoms with van der Waals surface area (Å²) in [5.41, 5.74) is 2.68. The van der Waals surface area contributed by atoms with Crippen molar-refractivity contribution in [2.75, 3.05) is 27.4 Å². The summed E-state index contributed by atoms with van der Waals surface area (Å²) in [5.74, 6) is 1.25. The molecule has 0 spiro atoms. The second-order valence-corrected chi connectivity index (χ2v) is 11.0. The van der Waals surface area contributed by atoms with Gasteiger partial charge in [-0.25, -0.2) is 9.79 Å². The number of esters is 1. The van der Waals surface area contributed by atoms with Gasteiger partial charge in [0.05, 0.1) is 53.8 Å². The normalized spacial score (nSPS) is 14.7. The molecule has 2 heterocycles. The lowest BCUT2D eigenvalue weighted by Crippen LogP contribution is -2.40. The van der Waals surface area contributed by atoms with Gasteiger partial charge in [-0.1, -0.05) is 53.8 Å². The molecule has 1 aliphatic rings. The van der Waals surface area contributed by atoms with Crippen LogP contribution in [0.1, 0.15) is 36.6 Å². The van der Waals surface area contributed by atoms with Crippen LogP contribution in [-0.4, -0.2) is 38.0 Å². The topological polar surface area (TPSA) is 88.4 Å². The number of nitrogens with zero attached hydrogens (tertiary/aromatic N) is 2. The van der Waals surface area contributed by atoms with E-state index in [0.717, 1.165) is 16.7 Å². The SMILES string of the molecule is CCOC(=O)C1=C(c2ccccc2)N=c2s/c(=C\c3cc(Br)c(OCC)c(OC)c3)c(=O)n2[C@H]1c1ccc(OC)cc1. The number of ether oxygens (including phenoxy) is 4. The Morgan fingerprint density at radius 3 is 2.40 bits per heavy atom. The molecule has 10 heteroatoms. The number of fused-ring (bicyclic) bond motifs is 1. The Morgan fingerprint density at radius 1 is 1.02 bits per heavy atom.